The predicted molar refractivity (Wildman–Crippen MR) is 53.7 cm³/mol. The lowest BCUT2D eigenvalue weighted by Crippen LogP contribution is -2.34. The molecule has 5 nitrogen and oxygen atoms in total. The Kier molecular flexibility index (Phi) is 3.70. The molecule has 1 rings (SSSR count). The first-order valence-corrected chi connectivity index (χ1v) is 4.22. The number of rotatable bonds is 2. The summed E-state index contributed by atoms with van der Waals surface area (Å²) < 4.78 is 0. The van der Waals surface area contributed by atoms with Gasteiger partial charge in [0.15, 0.2) is 0 Å². The summed E-state index contributed by atoms with van der Waals surface area (Å²) in [5, 5.41) is 11.8. The zero-order chi connectivity index (χ0) is 10.6. The fourth-order valence-corrected chi connectivity index (χ4v) is 1.23. The van der Waals surface area contributed by atoms with E-state index >= 15 is 0 Å². The third-order valence-corrected chi connectivity index (χ3v) is 2.01. The molecule has 0 heterocycles. The fraction of sp³-hybridized carbons (Fsp3) is 0.125. The van der Waals surface area contributed by atoms with E-state index in [1.807, 2.05) is 5.43 Å². The number of hydrogen-bond donors (Lipinski definition) is 4. The number of aliphatic hydroxyl groups is 1. The quantitative estimate of drug-likeness (QED) is 0.335. The molecule has 1 aromatic rings. The number of carbonyl (C=O) groups is 1. The van der Waals surface area contributed by atoms with E-state index in [2.05, 4.69) is 5.32 Å². The molecule has 0 aromatic heterocycles. The van der Waals surface area contributed by atoms with Gasteiger partial charge in [0.1, 0.15) is 0 Å². The first-order valence-electron chi connectivity index (χ1n) is 3.85. The van der Waals surface area contributed by atoms with Crippen LogP contribution in [0, 0.1) is 0 Å². The number of urea groups is 1. The summed E-state index contributed by atoms with van der Waals surface area (Å²) in [4.78, 5) is 10.9. The van der Waals surface area contributed by atoms with Crippen LogP contribution in [-0.4, -0.2) is 11.1 Å². The summed E-state index contributed by atoms with van der Waals surface area (Å²) >= 11 is 5.79. The van der Waals surface area contributed by atoms with Crippen molar-refractivity contribution in [2.45, 2.75) is 6.61 Å². The van der Waals surface area contributed by atoms with Gasteiger partial charge >= 0.3 is 6.03 Å². The molecule has 0 unspecified atom stereocenters. The van der Waals surface area contributed by atoms with E-state index in [-0.39, 0.29) is 6.61 Å². The van der Waals surface area contributed by atoms with Crippen LogP contribution in [0.1, 0.15) is 5.56 Å². The van der Waals surface area contributed by atoms with E-state index < -0.39 is 6.03 Å². The molecule has 0 aliphatic carbocycles. The lowest BCUT2D eigenvalue weighted by atomic mass is 10.2. The van der Waals surface area contributed by atoms with Gasteiger partial charge in [0.2, 0.25) is 0 Å². The van der Waals surface area contributed by atoms with Gasteiger partial charge in [0, 0.05) is 16.3 Å². The molecule has 0 saturated carbocycles. The average Bonchev–Trinajstić information content (AvgIpc) is 2.18. The first-order chi connectivity index (χ1) is 6.69. The monoisotopic (exact) mass is 215 g/mol. The summed E-state index contributed by atoms with van der Waals surface area (Å²) in [5.74, 6) is 4.89. The Morgan fingerprint density at radius 1 is 1.57 bits per heavy atom. The number of aliphatic hydroxyl groups excluding tert-OH is 1. The number of carbonyl (C=O) groups excluding carboxylic acids is 1. The molecule has 76 valence electrons. The normalized spacial score (nSPS) is 9.64. The molecule has 0 fully saturated rings. The summed E-state index contributed by atoms with van der Waals surface area (Å²) in [6.07, 6.45) is 0. The molecular formula is C8H10ClN3O2. The van der Waals surface area contributed by atoms with Crippen molar-refractivity contribution in [3.63, 3.8) is 0 Å². The minimum atomic E-state index is -0.568. The Morgan fingerprint density at radius 2 is 2.29 bits per heavy atom. The Bertz CT molecular complexity index is 343. The lowest BCUT2D eigenvalue weighted by molar-refractivity contribution is 0.252. The van der Waals surface area contributed by atoms with E-state index in [1.54, 1.807) is 18.2 Å². The van der Waals surface area contributed by atoms with Crippen LogP contribution in [0.2, 0.25) is 5.02 Å². The van der Waals surface area contributed by atoms with Crippen LogP contribution in [-0.2, 0) is 6.61 Å². The van der Waals surface area contributed by atoms with Crippen LogP contribution >= 0.6 is 11.6 Å². The zero-order valence-electron chi connectivity index (χ0n) is 7.25. The zero-order valence-corrected chi connectivity index (χ0v) is 8.01. The fourth-order valence-electron chi connectivity index (χ4n) is 0.995. The SMILES string of the molecule is NNC(=O)Nc1cccc(Cl)c1CO. The molecule has 0 aliphatic rings. The number of hydrazine groups is 1. The second-order valence-corrected chi connectivity index (χ2v) is 2.93. The maximum absolute atomic E-state index is 10.9. The van der Waals surface area contributed by atoms with Gasteiger partial charge in [-0.2, -0.15) is 0 Å². The minimum absolute atomic E-state index is 0.250. The van der Waals surface area contributed by atoms with Crippen LogP contribution in [0.15, 0.2) is 18.2 Å². The number of nitrogens with two attached hydrogens (primary N) is 1. The molecule has 0 atom stereocenters. The van der Waals surface area contributed by atoms with Crippen molar-refractivity contribution >= 4 is 23.3 Å². The second-order valence-electron chi connectivity index (χ2n) is 2.52. The van der Waals surface area contributed by atoms with E-state index in [0.29, 0.717) is 16.3 Å². The van der Waals surface area contributed by atoms with E-state index in [0.717, 1.165) is 0 Å². The van der Waals surface area contributed by atoms with E-state index in [1.165, 1.54) is 0 Å². The molecule has 0 spiro atoms. The molecule has 0 radical (unpaired) electrons. The van der Waals surface area contributed by atoms with Crippen molar-refractivity contribution in [2.24, 2.45) is 5.84 Å². The molecule has 0 bridgehead atoms. The second kappa shape index (κ2) is 4.80. The smallest absolute Gasteiger partial charge is 0.333 e. The maximum Gasteiger partial charge on any atom is 0.333 e. The van der Waals surface area contributed by atoms with Gasteiger partial charge in [-0.15, -0.1) is 0 Å². The largest absolute Gasteiger partial charge is 0.392 e. The van der Waals surface area contributed by atoms with Crippen molar-refractivity contribution < 1.29 is 9.90 Å². The molecule has 0 saturated heterocycles. The van der Waals surface area contributed by atoms with Gasteiger partial charge in [0.25, 0.3) is 0 Å². The Labute approximate surface area is 85.8 Å². The van der Waals surface area contributed by atoms with E-state index in [4.69, 9.17) is 22.6 Å². The van der Waals surface area contributed by atoms with Gasteiger partial charge < -0.3 is 10.4 Å². The standard InChI is InChI=1S/C8H10ClN3O2/c9-6-2-1-3-7(5(6)4-13)11-8(14)12-10/h1-3,13H,4,10H2,(H2,11,12,14). The number of nitrogens with one attached hydrogen (secondary N) is 2. The van der Waals surface area contributed by atoms with Crippen LogP contribution in [0.5, 0.6) is 0 Å². The third kappa shape index (κ3) is 2.35. The number of benzene rings is 1. The van der Waals surface area contributed by atoms with Crippen molar-refractivity contribution in [2.75, 3.05) is 5.32 Å². The molecule has 1 aromatic carbocycles. The molecule has 14 heavy (non-hydrogen) atoms. The third-order valence-electron chi connectivity index (χ3n) is 1.66. The number of amides is 2. The predicted octanol–water partition coefficient (Wildman–Crippen LogP) is 0.827. The average molecular weight is 216 g/mol. The summed E-state index contributed by atoms with van der Waals surface area (Å²) in [6.45, 7) is -0.250. The van der Waals surface area contributed by atoms with Gasteiger partial charge in [-0.1, -0.05) is 17.7 Å². The summed E-state index contributed by atoms with van der Waals surface area (Å²) in [6, 6.07) is 4.33. The lowest BCUT2D eigenvalue weighted by Gasteiger charge is -2.09. The van der Waals surface area contributed by atoms with Gasteiger partial charge in [-0.25, -0.2) is 10.6 Å². The minimum Gasteiger partial charge on any atom is -0.392 e. The maximum atomic E-state index is 10.9. The topological polar surface area (TPSA) is 87.4 Å². The number of anilines is 1. The van der Waals surface area contributed by atoms with Crippen molar-refractivity contribution in [3.05, 3.63) is 28.8 Å². The van der Waals surface area contributed by atoms with Crippen LogP contribution in [0.4, 0.5) is 10.5 Å². The number of halogens is 1. The Balaban J connectivity index is 2.96. The molecule has 6 heteroatoms. The van der Waals surface area contributed by atoms with Gasteiger partial charge in [-0.05, 0) is 12.1 Å². The van der Waals surface area contributed by atoms with Crippen LogP contribution in [0.3, 0.4) is 0 Å². The van der Waals surface area contributed by atoms with Crippen LogP contribution < -0.4 is 16.6 Å². The highest BCUT2D eigenvalue weighted by molar-refractivity contribution is 6.31. The molecular weight excluding hydrogens is 206 g/mol. The Hall–Kier alpha value is -1.30. The van der Waals surface area contributed by atoms with Crippen molar-refractivity contribution in [1.29, 1.82) is 0 Å². The van der Waals surface area contributed by atoms with E-state index in [9.17, 15) is 4.79 Å². The number of hydrogen-bond acceptors (Lipinski definition) is 3. The van der Waals surface area contributed by atoms with Crippen molar-refractivity contribution in [1.82, 2.24) is 5.43 Å². The first kappa shape index (κ1) is 10.8. The van der Waals surface area contributed by atoms with Gasteiger partial charge in [0.05, 0.1) is 6.61 Å². The Morgan fingerprint density at radius 3 is 2.86 bits per heavy atom. The van der Waals surface area contributed by atoms with Crippen LogP contribution in [0.25, 0.3) is 0 Å². The highest BCUT2D eigenvalue weighted by Crippen LogP contribution is 2.23. The highest BCUT2D eigenvalue weighted by atomic mass is 35.5. The van der Waals surface area contributed by atoms with Crippen molar-refractivity contribution in [3.8, 4) is 0 Å². The summed E-state index contributed by atoms with van der Waals surface area (Å²) in [7, 11) is 0. The highest BCUT2D eigenvalue weighted by Gasteiger charge is 2.07. The van der Waals surface area contributed by atoms with Gasteiger partial charge in [-0.3, -0.25) is 5.43 Å². The molecule has 0 aliphatic heterocycles. The molecule has 2 amide bonds. The summed E-state index contributed by atoms with van der Waals surface area (Å²) in [5.41, 5.74) is 2.80. The molecule has 5 N–H and O–H groups in total.